The van der Waals surface area contributed by atoms with Gasteiger partial charge in [-0.25, -0.2) is 0 Å². The summed E-state index contributed by atoms with van der Waals surface area (Å²) in [7, 11) is 1.49. The van der Waals surface area contributed by atoms with Gasteiger partial charge in [0.25, 0.3) is 5.91 Å². The molecule has 0 radical (unpaired) electrons. The molecule has 1 atom stereocenters. The molecule has 3 aromatic rings. The number of hydrogen-bond donors (Lipinski definition) is 2. The minimum Gasteiger partial charge on any atom is -0.495 e. The highest BCUT2D eigenvalue weighted by Gasteiger charge is 2.20. The van der Waals surface area contributed by atoms with Crippen LogP contribution in [0.1, 0.15) is 12.5 Å². The number of aromatic nitrogens is 1. The normalized spacial score (nSPS) is 11.8. The Kier molecular flexibility index (Phi) is 5.66. The number of aromatic amines is 1. The van der Waals surface area contributed by atoms with E-state index in [2.05, 4.69) is 10.3 Å². The topological polar surface area (TPSA) is 80.4 Å². The highest BCUT2D eigenvalue weighted by Crippen LogP contribution is 2.28. The molecular weight excluding hydrogens is 368 g/mol. The average molecular weight is 387 g/mol. The zero-order valence-electron chi connectivity index (χ0n) is 14.9. The van der Waals surface area contributed by atoms with Crippen LogP contribution < -0.4 is 10.1 Å². The Bertz CT molecular complexity index is 983. The van der Waals surface area contributed by atoms with E-state index >= 15 is 0 Å². The molecule has 0 bridgehead atoms. The fraction of sp³-hybridized carbons (Fsp3) is 0.200. The van der Waals surface area contributed by atoms with Crippen molar-refractivity contribution in [2.75, 3.05) is 12.4 Å². The number of hydrogen-bond acceptors (Lipinski definition) is 4. The fourth-order valence-electron chi connectivity index (χ4n) is 2.74. The molecule has 1 heterocycles. The summed E-state index contributed by atoms with van der Waals surface area (Å²) < 4.78 is 10.5. The number of methoxy groups -OCH3 is 1. The first kappa shape index (κ1) is 18.8. The van der Waals surface area contributed by atoms with Crippen LogP contribution in [0.4, 0.5) is 5.69 Å². The third kappa shape index (κ3) is 4.41. The van der Waals surface area contributed by atoms with Crippen LogP contribution in [0.5, 0.6) is 5.75 Å². The summed E-state index contributed by atoms with van der Waals surface area (Å²) in [6.45, 7) is 1.51. The summed E-state index contributed by atoms with van der Waals surface area (Å²) in [5, 5.41) is 4.07. The Balaban J connectivity index is 1.62. The third-order valence-corrected chi connectivity index (χ3v) is 4.34. The van der Waals surface area contributed by atoms with Crippen LogP contribution in [0.25, 0.3) is 10.9 Å². The number of benzene rings is 2. The highest BCUT2D eigenvalue weighted by molar-refractivity contribution is 6.31. The molecule has 0 saturated carbocycles. The maximum Gasteiger partial charge on any atom is 0.311 e. The Morgan fingerprint density at radius 2 is 2.00 bits per heavy atom. The van der Waals surface area contributed by atoms with Crippen LogP contribution in [0, 0.1) is 0 Å². The number of carbonyl (C=O) groups excluding carboxylic acids is 2. The van der Waals surface area contributed by atoms with Crippen molar-refractivity contribution in [2.24, 2.45) is 0 Å². The Morgan fingerprint density at radius 1 is 1.22 bits per heavy atom. The van der Waals surface area contributed by atoms with Gasteiger partial charge in [0, 0.05) is 22.1 Å². The maximum absolute atomic E-state index is 12.3. The summed E-state index contributed by atoms with van der Waals surface area (Å²) >= 11 is 5.95. The molecule has 2 N–H and O–H groups in total. The number of para-hydroxylation sites is 1. The Hall–Kier alpha value is -2.99. The number of rotatable bonds is 6. The van der Waals surface area contributed by atoms with Gasteiger partial charge < -0.3 is 19.8 Å². The van der Waals surface area contributed by atoms with E-state index in [1.54, 1.807) is 24.4 Å². The molecule has 2 aromatic carbocycles. The number of ether oxygens (including phenoxy) is 2. The van der Waals surface area contributed by atoms with Gasteiger partial charge in [0.2, 0.25) is 0 Å². The smallest absolute Gasteiger partial charge is 0.311 e. The minimum atomic E-state index is -0.966. The predicted octanol–water partition coefficient (Wildman–Crippen LogP) is 3.94. The van der Waals surface area contributed by atoms with E-state index in [-0.39, 0.29) is 6.42 Å². The van der Waals surface area contributed by atoms with Crippen LogP contribution in [-0.4, -0.2) is 30.1 Å². The van der Waals surface area contributed by atoms with Gasteiger partial charge in [0.05, 0.1) is 19.2 Å². The van der Waals surface area contributed by atoms with Gasteiger partial charge in [-0.15, -0.1) is 0 Å². The van der Waals surface area contributed by atoms with Gasteiger partial charge in [-0.3, -0.25) is 9.59 Å². The van der Waals surface area contributed by atoms with E-state index in [1.807, 2.05) is 24.3 Å². The summed E-state index contributed by atoms with van der Waals surface area (Å²) in [6.07, 6.45) is 0.877. The van der Waals surface area contributed by atoms with Crippen molar-refractivity contribution < 1.29 is 19.1 Å². The van der Waals surface area contributed by atoms with E-state index in [4.69, 9.17) is 21.1 Å². The number of carbonyl (C=O) groups is 2. The van der Waals surface area contributed by atoms with Crippen LogP contribution >= 0.6 is 11.6 Å². The maximum atomic E-state index is 12.3. The number of halogens is 1. The van der Waals surface area contributed by atoms with E-state index < -0.39 is 18.0 Å². The standard InChI is InChI=1S/C20H19ClN2O4/c1-12(20(25)23-17-10-14(21)7-8-18(17)26-2)27-19(24)9-13-11-22-16-6-4-3-5-15(13)16/h3-8,10-12,22H,9H2,1-2H3,(H,23,25)/t12-/m1/s1. The van der Waals surface area contributed by atoms with Gasteiger partial charge in [-0.1, -0.05) is 29.8 Å². The Morgan fingerprint density at radius 3 is 2.78 bits per heavy atom. The molecule has 1 amide bonds. The molecule has 6 nitrogen and oxygen atoms in total. The second-order valence-electron chi connectivity index (χ2n) is 6.00. The van der Waals surface area contributed by atoms with Crippen molar-refractivity contribution in [3.63, 3.8) is 0 Å². The van der Waals surface area contributed by atoms with Crippen molar-refractivity contribution in [1.82, 2.24) is 4.98 Å². The zero-order valence-corrected chi connectivity index (χ0v) is 15.7. The monoisotopic (exact) mass is 386 g/mol. The van der Waals surface area contributed by atoms with E-state index in [0.29, 0.717) is 16.5 Å². The lowest BCUT2D eigenvalue weighted by Gasteiger charge is -2.15. The van der Waals surface area contributed by atoms with Gasteiger partial charge in [-0.05, 0) is 36.8 Å². The molecule has 0 unspecified atom stereocenters. The summed E-state index contributed by atoms with van der Waals surface area (Å²) in [6, 6.07) is 12.5. The lowest BCUT2D eigenvalue weighted by molar-refractivity contribution is -0.152. The summed E-state index contributed by atoms with van der Waals surface area (Å²) in [5.74, 6) is -0.492. The molecule has 0 fully saturated rings. The number of fused-ring (bicyclic) bond motifs is 1. The number of H-pyrrole nitrogens is 1. The SMILES string of the molecule is COc1ccc(Cl)cc1NC(=O)[C@@H](C)OC(=O)Cc1c[nH]c2ccccc12. The first-order chi connectivity index (χ1) is 13.0. The Labute approximate surface area is 161 Å². The van der Waals surface area contributed by atoms with E-state index in [9.17, 15) is 9.59 Å². The second kappa shape index (κ2) is 8.14. The molecule has 1 aromatic heterocycles. The molecule has 0 saturated heterocycles. The van der Waals surface area contributed by atoms with E-state index in [1.165, 1.54) is 14.0 Å². The number of amides is 1. The molecule has 0 aliphatic rings. The zero-order chi connectivity index (χ0) is 19.4. The van der Waals surface area contributed by atoms with Crippen molar-refractivity contribution in [1.29, 1.82) is 0 Å². The van der Waals surface area contributed by atoms with Crippen molar-refractivity contribution in [3.8, 4) is 5.75 Å². The van der Waals surface area contributed by atoms with Crippen molar-refractivity contribution >= 4 is 40.1 Å². The highest BCUT2D eigenvalue weighted by atomic mass is 35.5. The molecule has 3 rings (SSSR count). The molecule has 0 aliphatic heterocycles. The fourth-order valence-corrected chi connectivity index (χ4v) is 2.91. The van der Waals surface area contributed by atoms with Gasteiger partial charge in [0.1, 0.15) is 5.75 Å². The lowest BCUT2D eigenvalue weighted by Crippen LogP contribution is -2.30. The number of anilines is 1. The molecule has 140 valence electrons. The number of esters is 1. The van der Waals surface area contributed by atoms with Crippen molar-refractivity contribution in [2.45, 2.75) is 19.4 Å². The van der Waals surface area contributed by atoms with Gasteiger partial charge in [-0.2, -0.15) is 0 Å². The van der Waals surface area contributed by atoms with Crippen LogP contribution in [0.2, 0.25) is 5.02 Å². The summed E-state index contributed by atoms with van der Waals surface area (Å²) in [5.41, 5.74) is 2.17. The quantitative estimate of drug-likeness (QED) is 0.629. The molecule has 0 aliphatic carbocycles. The van der Waals surface area contributed by atoms with Crippen LogP contribution in [0.3, 0.4) is 0 Å². The van der Waals surface area contributed by atoms with E-state index in [0.717, 1.165) is 16.5 Å². The first-order valence-corrected chi connectivity index (χ1v) is 8.74. The predicted molar refractivity (Wildman–Crippen MR) is 104 cm³/mol. The lowest BCUT2D eigenvalue weighted by atomic mass is 10.1. The average Bonchev–Trinajstić information content (AvgIpc) is 3.05. The summed E-state index contributed by atoms with van der Waals surface area (Å²) in [4.78, 5) is 27.7. The first-order valence-electron chi connectivity index (χ1n) is 8.37. The van der Waals surface area contributed by atoms with Crippen molar-refractivity contribution in [3.05, 3.63) is 59.2 Å². The second-order valence-corrected chi connectivity index (χ2v) is 6.44. The molecular formula is C20H19ClN2O4. The van der Waals surface area contributed by atoms with Crippen LogP contribution in [-0.2, 0) is 20.7 Å². The largest absolute Gasteiger partial charge is 0.495 e. The van der Waals surface area contributed by atoms with Gasteiger partial charge in [0.15, 0.2) is 6.10 Å². The van der Waals surface area contributed by atoms with Crippen LogP contribution in [0.15, 0.2) is 48.7 Å². The third-order valence-electron chi connectivity index (χ3n) is 4.11. The molecule has 7 heteroatoms. The minimum absolute atomic E-state index is 0.0715. The number of nitrogens with one attached hydrogen (secondary N) is 2. The molecule has 0 spiro atoms. The molecule has 27 heavy (non-hydrogen) atoms. The van der Waals surface area contributed by atoms with Gasteiger partial charge >= 0.3 is 5.97 Å².